The molecule has 156 valence electrons. The van der Waals surface area contributed by atoms with Crippen LogP contribution in [0.2, 0.25) is 0 Å². The first kappa shape index (κ1) is 20.3. The monoisotopic (exact) mass is 414 g/mol. The molecule has 0 radical (unpaired) electrons. The number of pyridine rings is 1. The summed E-state index contributed by atoms with van der Waals surface area (Å²) in [4.78, 5) is 26.1. The molecule has 7 heteroatoms. The van der Waals surface area contributed by atoms with Crippen LogP contribution in [0.4, 0.5) is 5.69 Å². The Morgan fingerprint density at radius 1 is 0.935 bits per heavy atom. The molecule has 0 aliphatic heterocycles. The summed E-state index contributed by atoms with van der Waals surface area (Å²) < 4.78 is 11.2. The molecule has 0 atom stereocenters. The number of aromatic nitrogens is 3. The molecule has 2 aromatic carbocycles. The lowest BCUT2D eigenvalue weighted by atomic mass is 10.1. The van der Waals surface area contributed by atoms with Crippen molar-refractivity contribution in [2.45, 2.75) is 20.5 Å². The third-order valence-corrected chi connectivity index (χ3v) is 4.86. The molecule has 0 aliphatic rings. The predicted molar refractivity (Wildman–Crippen MR) is 119 cm³/mol. The number of amides is 1. The van der Waals surface area contributed by atoms with Crippen LogP contribution in [0.15, 0.2) is 60.8 Å². The molecule has 4 aromatic rings. The van der Waals surface area contributed by atoms with Crippen LogP contribution < -0.4 is 14.8 Å². The summed E-state index contributed by atoms with van der Waals surface area (Å²) in [5.41, 5.74) is 5.17. The number of methoxy groups -OCH3 is 1. The van der Waals surface area contributed by atoms with Crippen molar-refractivity contribution in [1.82, 2.24) is 15.0 Å². The van der Waals surface area contributed by atoms with Crippen LogP contribution in [0, 0.1) is 13.8 Å². The Labute approximate surface area is 180 Å². The molecule has 0 fully saturated rings. The smallest absolute Gasteiger partial charge is 0.255 e. The molecule has 31 heavy (non-hydrogen) atoms. The number of carbonyl (C=O) groups excluding carboxylic acids is 1. The molecule has 0 unspecified atom stereocenters. The Bertz CT molecular complexity index is 1240. The third-order valence-electron chi connectivity index (χ3n) is 4.86. The fourth-order valence-corrected chi connectivity index (χ4v) is 3.07. The fraction of sp³-hybridized carbons (Fsp3) is 0.167. The fourth-order valence-electron chi connectivity index (χ4n) is 3.07. The number of hydrogen-bond acceptors (Lipinski definition) is 6. The van der Waals surface area contributed by atoms with E-state index in [2.05, 4.69) is 20.3 Å². The number of anilines is 1. The van der Waals surface area contributed by atoms with Gasteiger partial charge in [-0.15, -0.1) is 0 Å². The van der Waals surface area contributed by atoms with Gasteiger partial charge < -0.3 is 14.8 Å². The summed E-state index contributed by atoms with van der Waals surface area (Å²) in [5, 5.41) is 2.90. The quantitative estimate of drug-likeness (QED) is 0.501. The van der Waals surface area contributed by atoms with Gasteiger partial charge in [0, 0.05) is 17.4 Å². The average molecular weight is 414 g/mol. The Balaban J connectivity index is 1.50. The summed E-state index contributed by atoms with van der Waals surface area (Å²) in [7, 11) is 1.54. The van der Waals surface area contributed by atoms with E-state index in [4.69, 9.17) is 9.47 Å². The van der Waals surface area contributed by atoms with Crippen molar-refractivity contribution in [1.29, 1.82) is 0 Å². The van der Waals surface area contributed by atoms with Gasteiger partial charge in [-0.25, -0.2) is 9.97 Å². The molecular formula is C24H22N4O3. The van der Waals surface area contributed by atoms with Crippen molar-refractivity contribution >= 4 is 22.6 Å². The maximum absolute atomic E-state index is 12.8. The second kappa shape index (κ2) is 8.79. The van der Waals surface area contributed by atoms with E-state index >= 15 is 0 Å². The van der Waals surface area contributed by atoms with Crippen LogP contribution in [0.25, 0.3) is 11.0 Å². The normalized spacial score (nSPS) is 10.7. The van der Waals surface area contributed by atoms with E-state index in [1.54, 1.807) is 24.4 Å². The Morgan fingerprint density at radius 2 is 1.74 bits per heavy atom. The topological polar surface area (TPSA) is 86.2 Å². The highest BCUT2D eigenvalue weighted by molar-refractivity contribution is 6.05. The number of nitrogens with zero attached hydrogens (tertiary/aromatic N) is 3. The van der Waals surface area contributed by atoms with Gasteiger partial charge in [0.15, 0.2) is 11.5 Å². The van der Waals surface area contributed by atoms with Gasteiger partial charge in [0.25, 0.3) is 5.91 Å². The predicted octanol–water partition coefficient (Wildman–Crippen LogP) is 4.48. The van der Waals surface area contributed by atoms with Crippen molar-refractivity contribution in [3.63, 3.8) is 0 Å². The van der Waals surface area contributed by atoms with Gasteiger partial charge in [-0.3, -0.25) is 9.78 Å². The summed E-state index contributed by atoms with van der Waals surface area (Å²) >= 11 is 0. The van der Waals surface area contributed by atoms with E-state index in [0.717, 1.165) is 28.1 Å². The molecule has 1 N–H and O–H groups in total. The summed E-state index contributed by atoms with van der Waals surface area (Å²) in [6.07, 6.45) is 1.71. The second-order valence-corrected chi connectivity index (χ2v) is 7.03. The lowest BCUT2D eigenvalue weighted by Crippen LogP contribution is -2.12. The first-order valence-electron chi connectivity index (χ1n) is 9.80. The van der Waals surface area contributed by atoms with E-state index in [9.17, 15) is 4.79 Å². The molecule has 2 aromatic heterocycles. The Kier molecular flexibility index (Phi) is 5.75. The molecule has 7 nitrogen and oxygen atoms in total. The summed E-state index contributed by atoms with van der Waals surface area (Å²) in [5.74, 6) is 0.751. The lowest BCUT2D eigenvalue weighted by molar-refractivity contribution is 0.102. The van der Waals surface area contributed by atoms with E-state index in [0.29, 0.717) is 29.4 Å². The van der Waals surface area contributed by atoms with Gasteiger partial charge >= 0.3 is 0 Å². The van der Waals surface area contributed by atoms with Crippen LogP contribution in [-0.4, -0.2) is 28.0 Å². The molecule has 0 spiro atoms. The lowest BCUT2D eigenvalue weighted by Gasteiger charge is -2.12. The number of aryl methyl sites for hydroxylation is 2. The van der Waals surface area contributed by atoms with Crippen molar-refractivity contribution in [3.05, 3.63) is 83.4 Å². The number of ether oxygens (including phenoxy) is 2. The maximum Gasteiger partial charge on any atom is 0.255 e. The van der Waals surface area contributed by atoms with Gasteiger partial charge in [0.2, 0.25) is 0 Å². The minimum atomic E-state index is -0.259. The van der Waals surface area contributed by atoms with Crippen molar-refractivity contribution in [2.24, 2.45) is 0 Å². The van der Waals surface area contributed by atoms with Gasteiger partial charge in [-0.05, 0) is 62.4 Å². The highest BCUT2D eigenvalue weighted by atomic mass is 16.5. The van der Waals surface area contributed by atoms with Crippen LogP contribution >= 0.6 is 0 Å². The van der Waals surface area contributed by atoms with Crippen LogP contribution in [0.1, 0.15) is 27.4 Å². The number of benzene rings is 2. The third kappa shape index (κ3) is 4.61. The number of carbonyl (C=O) groups is 1. The van der Waals surface area contributed by atoms with Gasteiger partial charge in [0.05, 0.1) is 35.2 Å². The number of rotatable bonds is 6. The van der Waals surface area contributed by atoms with Crippen molar-refractivity contribution < 1.29 is 14.3 Å². The zero-order valence-electron chi connectivity index (χ0n) is 17.5. The molecule has 1 amide bonds. The van der Waals surface area contributed by atoms with Crippen molar-refractivity contribution in [2.75, 3.05) is 12.4 Å². The van der Waals surface area contributed by atoms with E-state index < -0.39 is 0 Å². The molecule has 0 bridgehead atoms. The van der Waals surface area contributed by atoms with Gasteiger partial charge in [0.1, 0.15) is 6.61 Å². The first-order valence-corrected chi connectivity index (χ1v) is 9.80. The largest absolute Gasteiger partial charge is 0.493 e. The van der Waals surface area contributed by atoms with Gasteiger partial charge in [-0.1, -0.05) is 6.07 Å². The van der Waals surface area contributed by atoms with Crippen LogP contribution in [0.3, 0.4) is 0 Å². The molecular weight excluding hydrogens is 392 g/mol. The molecule has 2 heterocycles. The first-order chi connectivity index (χ1) is 15.0. The molecule has 4 rings (SSSR count). The summed E-state index contributed by atoms with van der Waals surface area (Å²) in [6.45, 7) is 4.14. The minimum absolute atomic E-state index is 0.259. The standard InChI is InChI=1S/C24H22N4O3/c1-15-16(2)27-21-13-18(8-9-20(21)26-15)28-24(29)17-7-10-22(23(12-17)30-3)31-14-19-6-4-5-11-25-19/h4-13H,14H2,1-3H3,(H,28,29). The zero-order chi connectivity index (χ0) is 21.8. The maximum atomic E-state index is 12.8. The highest BCUT2D eigenvalue weighted by Gasteiger charge is 2.13. The highest BCUT2D eigenvalue weighted by Crippen LogP contribution is 2.29. The molecule has 0 aliphatic carbocycles. The number of nitrogens with one attached hydrogen (secondary N) is 1. The molecule has 0 saturated heterocycles. The van der Waals surface area contributed by atoms with E-state index in [1.165, 1.54) is 7.11 Å². The van der Waals surface area contributed by atoms with E-state index in [1.807, 2.05) is 50.2 Å². The molecule has 0 saturated carbocycles. The summed E-state index contributed by atoms with van der Waals surface area (Å²) in [6, 6.07) is 16.2. The SMILES string of the molecule is COc1cc(C(=O)Nc2ccc3nc(C)c(C)nc3c2)ccc1OCc1ccccn1. The van der Waals surface area contributed by atoms with Crippen LogP contribution in [0.5, 0.6) is 11.5 Å². The Hall–Kier alpha value is -4.00. The zero-order valence-corrected chi connectivity index (χ0v) is 17.5. The van der Waals surface area contributed by atoms with Crippen LogP contribution in [-0.2, 0) is 6.61 Å². The average Bonchev–Trinajstić information content (AvgIpc) is 2.79. The van der Waals surface area contributed by atoms with Crippen molar-refractivity contribution in [3.8, 4) is 11.5 Å². The number of hydrogen-bond donors (Lipinski definition) is 1. The van der Waals surface area contributed by atoms with Gasteiger partial charge in [-0.2, -0.15) is 0 Å². The van der Waals surface area contributed by atoms with E-state index in [-0.39, 0.29) is 5.91 Å². The Morgan fingerprint density at radius 3 is 2.48 bits per heavy atom. The minimum Gasteiger partial charge on any atom is -0.493 e. The second-order valence-electron chi connectivity index (χ2n) is 7.03. The number of fused-ring (bicyclic) bond motifs is 1.